The SMILES string of the molecule is CCCCOc1ccc(CN(C)CC(=O)O)cc1OC. The third kappa shape index (κ3) is 5.48. The van der Waals surface area contributed by atoms with Crippen LogP contribution in [0.4, 0.5) is 0 Å². The molecule has 0 saturated heterocycles. The Labute approximate surface area is 120 Å². The molecule has 0 amide bonds. The van der Waals surface area contributed by atoms with Gasteiger partial charge in [-0.1, -0.05) is 19.4 Å². The molecular weight excluding hydrogens is 258 g/mol. The van der Waals surface area contributed by atoms with Crippen molar-refractivity contribution in [1.29, 1.82) is 0 Å². The number of unbranched alkanes of at least 4 members (excludes halogenated alkanes) is 1. The molecule has 0 radical (unpaired) electrons. The molecule has 0 spiro atoms. The highest BCUT2D eigenvalue weighted by molar-refractivity contribution is 5.69. The second kappa shape index (κ2) is 8.43. The van der Waals surface area contributed by atoms with Crippen LogP contribution in [0.15, 0.2) is 18.2 Å². The highest BCUT2D eigenvalue weighted by Crippen LogP contribution is 2.28. The van der Waals surface area contributed by atoms with Crippen LogP contribution in [0.5, 0.6) is 11.5 Å². The fraction of sp³-hybridized carbons (Fsp3) is 0.533. The molecule has 1 aromatic carbocycles. The number of nitrogens with zero attached hydrogens (tertiary/aromatic N) is 1. The molecule has 0 bridgehead atoms. The summed E-state index contributed by atoms with van der Waals surface area (Å²) >= 11 is 0. The highest BCUT2D eigenvalue weighted by Gasteiger charge is 2.09. The zero-order valence-corrected chi connectivity index (χ0v) is 12.4. The predicted molar refractivity (Wildman–Crippen MR) is 77.4 cm³/mol. The van der Waals surface area contributed by atoms with Gasteiger partial charge in [-0.3, -0.25) is 9.69 Å². The summed E-state index contributed by atoms with van der Waals surface area (Å²) in [5.41, 5.74) is 0.994. The lowest BCUT2D eigenvalue weighted by molar-refractivity contribution is -0.138. The van der Waals surface area contributed by atoms with Gasteiger partial charge in [-0.05, 0) is 31.2 Å². The van der Waals surface area contributed by atoms with Gasteiger partial charge in [0, 0.05) is 6.54 Å². The topological polar surface area (TPSA) is 59.0 Å². The van der Waals surface area contributed by atoms with E-state index in [1.54, 1.807) is 19.1 Å². The number of aliphatic carboxylic acids is 1. The largest absolute Gasteiger partial charge is 0.493 e. The first-order valence-corrected chi connectivity index (χ1v) is 6.76. The van der Waals surface area contributed by atoms with Crippen molar-refractivity contribution in [3.05, 3.63) is 23.8 Å². The van der Waals surface area contributed by atoms with Gasteiger partial charge in [0.15, 0.2) is 11.5 Å². The standard InChI is InChI=1S/C15H23NO4/c1-4-5-8-20-13-7-6-12(9-14(13)19-3)10-16(2)11-15(17)18/h6-7,9H,4-5,8,10-11H2,1-3H3,(H,17,18). The summed E-state index contributed by atoms with van der Waals surface area (Å²) in [5.74, 6) is 0.576. The summed E-state index contributed by atoms with van der Waals surface area (Å²) < 4.78 is 11.0. The van der Waals surface area contributed by atoms with Crippen molar-refractivity contribution in [3.8, 4) is 11.5 Å². The van der Waals surface area contributed by atoms with Gasteiger partial charge in [-0.15, -0.1) is 0 Å². The lowest BCUT2D eigenvalue weighted by Gasteiger charge is -2.16. The molecule has 20 heavy (non-hydrogen) atoms. The second-order valence-corrected chi connectivity index (χ2v) is 4.75. The van der Waals surface area contributed by atoms with E-state index < -0.39 is 5.97 Å². The van der Waals surface area contributed by atoms with Crippen molar-refractivity contribution < 1.29 is 19.4 Å². The van der Waals surface area contributed by atoms with Crippen LogP contribution in [0.3, 0.4) is 0 Å². The van der Waals surface area contributed by atoms with Crippen LogP contribution < -0.4 is 9.47 Å². The third-order valence-corrected chi connectivity index (χ3v) is 2.84. The van der Waals surface area contributed by atoms with Gasteiger partial charge in [0.05, 0.1) is 20.3 Å². The Kier molecular flexibility index (Phi) is 6.87. The summed E-state index contributed by atoms with van der Waals surface area (Å²) in [6.07, 6.45) is 2.09. The average molecular weight is 281 g/mol. The fourth-order valence-electron chi connectivity index (χ4n) is 1.85. The predicted octanol–water partition coefficient (Wildman–Crippen LogP) is 2.39. The zero-order valence-electron chi connectivity index (χ0n) is 12.4. The molecule has 0 fully saturated rings. The Hall–Kier alpha value is -1.75. The van der Waals surface area contributed by atoms with E-state index in [9.17, 15) is 4.79 Å². The number of ether oxygens (including phenoxy) is 2. The van der Waals surface area contributed by atoms with E-state index in [4.69, 9.17) is 14.6 Å². The quantitative estimate of drug-likeness (QED) is 0.704. The molecule has 1 aromatic rings. The van der Waals surface area contributed by atoms with Crippen molar-refractivity contribution in [1.82, 2.24) is 4.90 Å². The second-order valence-electron chi connectivity index (χ2n) is 4.75. The monoisotopic (exact) mass is 281 g/mol. The number of hydrogen-bond acceptors (Lipinski definition) is 4. The number of carbonyl (C=O) groups is 1. The van der Waals surface area contributed by atoms with E-state index in [0.29, 0.717) is 18.9 Å². The fourth-order valence-corrected chi connectivity index (χ4v) is 1.85. The van der Waals surface area contributed by atoms with Gasteiger partial charge in [-0.25, -0.2) is 0 Å². The lowest BCUT2D eigenvalue weighted by Crippen LogP contribution is -2.25. The summed E-state index contributed by atoms with van der Waals surface area (Å²) in [6.45, 7) is 3.35. The molecule has 0 aliphatic carbocycles. The lowest BCUT2D eigenvalue weighted by atomic mass is 10.2. The molecule has 112 valence electrons. The first-order chi connectivity index (χ1) is 9.56. The number of benzene rings is 1. The molecular formula is C15H23NO4. The maximum absolute atomic E-state index is 10.6. The molecule has 0 aliphatic rings. The number of rotatable bonds is 9. The first kappa shape index (κ1) is 16.3. The molecule has 0 atom stereocenters. The van der Waals surface area contributed by atoms with Crippen molar-refractivity contribution >= 4 is 5.97 Å². The molecule has 0 heterocycles. The van der Waals surface area contributed by atoms with E-state index in [1.165, 1.54) is 0 Å². The van der Waals surface area contributed by atoms with Crippen LogP contribution in [0, 0.1) is 0 Å². The van der Waals surface area contributed by atoms with Crippen LogP contribution in [0.2, 0.25) is 0 Å². The Balaban J connectivity index is 2.68. The molecule has 1 rings (SSSR count). The van der Waals surface area contributed by atoms with Gasteiger partial charge < -0.3 is 14.6 Å². The normalized spacial score (nSPS) is 10.6. The van der Waals surface area contributed by atoms with Crippen LogP contribution in [-0.2, 0) is 11.3 Å². The van der Waals surface area contributed by atoms with Crippen molar-refractivity contribution in [2.75, 3.05) is 27.3 Å². The highest BCUT2D eigenvalue weighted by atomic mass is 16.5. The zero-order chi connectivity index (χ0) is 15.0. The average Bonchev–Trinajstić information content (AvgIpc) is 2.39. The maximum atomic E-state index is 10.6. The summed E-state index contributed by atoms with van der Waals surface area (Å²) in [6, 6.07) is 5.69. The minimum Gasteiger partial charge on any atom is -0.493 e. The van der Waals surface area contributed by atoms with Crippen molar-refractivity contribution in [3.63, 3.8) is 0 Å². The van der Waals surface area contributed by atoms with Gasteiger partial charge >= 0.3 is 5.97 Å². The molecule has 5 nitrogen and oxygen atoms in total. The van der Waals surface area contributed by atoms with E-state index in [-0.39, 0.29) is 6.54 Å². The van der Waals surface area contributed by atoms with Gasteiger partial charge in [-0.2, -0.15) is 0 Å². The van der Waals surface area contributed by atoms with Crippen molar-refractivity contribution in [2.45, 2.75) is 26.3 Å². The number of carboxylic acids is 1. The third-order valence-electron chi connectivity index (χ3n) is 2.84. The first-order valence-electron chi connectivity index (χ1n) is 6.76. The molecule has 5 heteroatoms. The Morgan fingerprint density at radius 1 is 1.35 bits per heavy atom. The van der Waals surface area contributed by atoms with Crippen LogP contribution in [0.25, 0.3) is 0 Å². The minimum atomic E-state index is -0.834. The summed E-state index contributed by atoms with van der Waals surface area (Å²) in [5, 5.41) is 8.74. The number of hydrogen-bond donors (Lipinski definition) is 1. The number of methoxy groups -OCH3 is 1. The van der Waals surface area contributed by atoms with E-state index in [0.717, 1.165) is 24.2 Å². The van der Waals surface area contributed by atoms with Crippen LogP contribution in [0.1, 0.15) is 25.3 Å². The minimum absolute atomic E-state index is 0.0110. The molecule has 0 saturated carbocycles. The molecule has 1 N–H and O–H groups in total. The summed E-state index contributed by atoms with van der Waals surface area (Å²) in [4.78, 5) is 12.4. The van der Waals surface area contributed by atoms with Gasteiger partial charge in [0.2, 0.25) is 0 Å². The van der Waals surface area contributed by atoms with Gasteiger partial charge in [0.1, 0.15) is 0 Å². The molecule has 0 aliphatic heterocycles. The van der Waals surface area contributed by atoms with E-state index in [2.05, 4.69) is 6.92 Å². The molecule has 0 aromatic heterocycles. The van der Waals surface area contributed by atoms with Crippen molar-refractivity contribution in [2.24, 2.45) is 0 Å². The Morgan fingerprint density at radius 2 is 2.10 bits per heavy atom. The molecule has 0 unspecified atom stereocenters. The number of likely N-dealkylation sites (N-methyl/N-ethyl adjacent to an activating group) is 1. The summed E-state index contributed by atoms with van der Waals surface area (Å²) in [7, 11) is 3.37. The van der Waals surface area contributed by atoms with Crippen LogP contribution in [-0.4, -0.2) is 43.3 Å². The number of carboxylic acid groups (broad SMARTS) is 1. The van der Waals surface area contributed by atoms with E-state index >= 15 is 0 Å². The Bertz CT molecular complexity index is 434. The maximum Gasteiger partial charge on any atom is 0.317 e. The van der Waals surface area contributed by atoms with Gasteiger partial charge in [0.25, 0.3) is 0 Å². The smallest absolute Gasteiger partial charge is 0.317 e. The van der Waals surface area contributed by atoms with Crippen LogP contribution >= 0.6 is 0 Å². The Morgan fingerprint density at radius 3 is 2.70 bits per heavy atom. The van der Waals surface area contributed by atoms with E-state index in [1.807, 2.05) is 18.2 Å².